The maximum atomic E-state index is 2.71. The van der Waals surface area contributed by atoms with Gasteiger partial charge in [-0.3, -0.25) is 0 Å². The summed E-state index contributed by atoms with van der Waals surface area (Å²) in [5, 5.41) is 0. The van der Waals surface area contributed by atoms with Crippen LogP contribution in [0.5, 0.6) is 0 Å². The smallest absolute Gasteiger partial charge is 0.0713 e. The van der Waals surface area contributed by atoms with Crippen LogP contribution in [0.2, 0.25) is 0 Å². The van der Waals surface area contributed by atoms with Crippen LogP contribution in [0, 0.1) is 13.8 Å². The van der Waals surface area contributed by atoms with E-state index in [9.17, 15) is 0 Å². The Hall–Kier alpha value is -6.64. The lowest BCUT2D eigenvalue weighted by molar-refractivity contribution is 0.195. The molecular formula is C67H64N2. The Kier molecular flexibility index (Phi) is 9.34. The number of hydrogen-bond acceptors (Lipinski definition) is 2. The highest BCUT2D eigenvalue weighted by molar-refractivity contribution is 5.93. The van der Waals surface area contributed by atoms with Crippen LogP contribution in [0.25, 0.3) is 33.4 Å². The molecule has 13 rings (SSSR count). The van der Waals surface area contributed by atoms with Gasteiger partial charge in [-0.1, -0.05) is 161 Å². The first-order valence-electron chi connectivity index (χ1n) is 25.9. The monoisotopic (exact) mass is 897 g/mol. The molecule has 2 heteroatoms. The van der Waals surface area contributed by atoms with Crippen LogP contribution in [0.4, 0.5) is 22.7 Å². The lowest BCUT2D eigenvalue weighted by atomic mass is 9.61. The molecule has 342 valence electrons. The quantitative estimate of drug-likeness (QED) is 0.164. The molecule has 4 atom stereocenters. The van der Waals surface area contributed by atoms with Gasteiger partial charge in [-0.05, 0) is 192 Å². The molecule has 0 amide bonds. The van der Waals surface area contributed by atoms with Crippen molar-refractivity contribution < 1.29 is 0 Å². The van der Waals surface area contributed by atoms with Crippen LogP contribution in [0.3, 0.4) is 0 Å². The Bertz CT molecular complexity index is 3100. The van der Waals surface area contributed by atoms with E-state index in [-0.39, 0.29) is 21.9 Å². The molecule has 8 aromatic rings. The van der Waals surface area contributed by atoms with Gasteiger partial charge in [0.15, 0.2) is 0 Å². The van der Waals surface area contributed by atoms with Crippen molar-refractivity contribution in [2.24, 2.45) is 0 Å². The maximum Gasteiger partial charge on any atom is 0.0713 e. The number of aryl methyl sites for hydroxylation is 2. The highest BCUT2D eigenvalue weighted by Gasteiger charge is 2.59. The molecule has 8 aromatic carbocycles. The zero-order chi connectivity index (χ0) is 46.9. The van der Waals surface area contributed by atoms with Crippen LogP contribution in [-0.2, 0) is 16.2 Å². The van der Waals surface area contributed by atoms with Gasteiger partial charge in [0.1, 0.15) is 0 Å². The summed E-state index contributed by atoms with van der Waals surface area (Å²) in [6.07, 6.45) is 9.84. The predicted molar refractivity (Wildman–Crippen MR) is 290 cm³/mol. The van der Waals surface area contributed by atoms with Crippen molar-refractivity contribution in [1.82, 2.24) is 0 Å². The van der Waals surface area contributed by atoms with Crippen LogP contribution >= 0.6 is 0 Å². The minimum Gasteiger partial charge on any atom is -0.334 e. The fraction of sp³-hybridized carbons (Fsp3) is 0.284. The van der Waals surface area contributed by atoms with E-state index in [0.29, 0.717) is 0 Å². The minimum atomic E-state index is -0.481. The first kappa shape index (κ1) is 42.5. The summed E-state index contributed by atoms with van der Waals surface area (Å²) in [5.74, 6) is 0. The van der Waals surface area contributed by atoms with Crippen molar-refractivity contribution in [3.05, 3.63) is 226 Å². The lowest BCUT2D eigenvalue weighted by Gasteiger charge is -2.50. The first-order valence-corrected chi connectivity index (χ1v) is 25.9. The zero-order valence-electron chi connectivity index (χ0n) is 41.4. The Morgan fingerprint density at radius 1 is 0.348 bits per heavy atom. The van der Waals surface area contributed by atoms with Gasteiger partial charge in [0.25, 0.3) is 0 Å². The Labute approximate surface area is 410 Å². The number of nitrogens with zero attached hydrogens (tertiary/aromatic N) is 2. The minimum absolute atomic E-state index is 0.000790. The molecule has 0 N–H and O–H groups in total. The maximum absolute atomic E-state index is 2.71. The number of para-hydroxylation sites is 2. The molecule has 2 nitrogen and oxygen atoms in total. The van der Waals surface area contributed by atoms with Gasteiger partial charge < -0.3 is 9.80 Å². The van der Waals surface area contributed by atoms with E-state index in [1.165, 1.54) is 152 Å². The zero-order valence-corrected chi connectivity index (χ0v) is 41.4. The van der Waals surface area contributed by atoms with Crippen LogP contribution in [0.1, 0.15) is 124 Å². The van der Waals surface area contributed by atoms with E-state index < -0.39 is 5.41 Å². The van der Waals surface area contributed by atoms with Gasteiger partial charge in [-0.15, -0.1) is 0 Å². The molecule has 4 unspecified atom stereocenters. The normalized spacial score (nSPS) is 24.8. The molecule has 2 saturated carbocycles. The van der Waals surface area contributed by atoms with E-state index in [0.717, 1.165) is 0 Å². The van der Waals surface area contributed by atoms with E-state index in [2.05, 4.69) is 233 Å². The summed E-state index contributed by atoms with van der Waals surface area (Å²) in [6, 6.07) is 70.2. The van der Waals surface area contributed by atoms with Crippen molar-refractivity contribution in [3.63, 3.8) is 0 Å². The predicted octanol–water partition coefficient (Wildman–Crippen LogP) is 17.5. The van der Waals surface area contributed by atoms with Crippen molar-refractivity contribution in [1.29, 1.82) is 0 Å². The van der Waals surface area contributed by atoms with Crippen molar-refractivity contribution in [3.8, 4) is 33.4 Å². The number of rotatable bonds is 6. The molecule has 0 spiro atoms. The molecule has 0 aromatic heterocycles. The fourth-order valence-electron chi connectivity index (χ4n) is 15.2. The fourth-order valence-corrected chi connectivity index (χ4v) is 15.2. The van der Waals surface area contributed by atoms with Crippen molar-refractivity contribution in [2.45, 2.75) is 120 Å². The number of fused-ring (bicyclic) bond motifs is 9. The highest BCUT2D eigenvalue weighted by Crippen LogP contribution is 2.64. The molecule has 0 radical (unpaired) electrons. The second kappa shape index (κ2) is 15.2. The third-order valence-corrected chi connectivity index (χ3v) is 19.1. The van der Waals surface area contributed by atoms with E-state index in [1.807, 2.05) is 0 Å². The second-order valence-corrected chi connectivity index (χ2v) is 22.3. The SMILES string of the molecule is Cc1cc2c(cc1-c1ccc3c(c1)-c1cc(-c4cc5c(cc4C)N(c4ccccc4)C4(C)CCCCC54C)ccc1C3(c1ccccc1)c1ccccc1)C1(C)CCCCC1(C)N2c1ccccc1. The number of benzene rings is 8. The summed E-state index contributed by atoms with van der Waals surface area (Å²) in [5.41, 5.74) is 23.9. The van der Waals surface area contributed by atoms with Crippen LogP contribution < -0.4 is 9.80 Å². The molecule has 3 aliphatic carbocycles. The van der Waals surface area contributed by atoms with E-state index >= 15 is 0 Å². The average molecular weight is 897 g/mol. The largest absolute Gasteiger partial charge is 0.334 e. The van der Waals surface area contributed by atoms with Gasteiger partial charge in [0, 0.05) is 33.6 Å². The van der Waals surface area contributed by atoms with Gasteiger partial charge in [-0.25, -0.2) is 0 Å². The van der Waals surface area contributed by atoms with Crippen molar-refractivity contribution >= 4 is 22.7 Å². The molecule has 0 bridgehead atoms. The second-order valence-electron chi connectivity index (χ2n) is 22.3. The summed E-state index contributed by atoms with van der Waals surface area (Å²) < 4.78 is 0. The molecule has 0 saturated heterocycles. The number of anilines is 4. The third kappa shape index (κ3) is 5.67. The lowest BCUT2D eigenvalue weighted by Crippen LogP contribution is -2.54. The molecule has 2 heterocycles. The Morgan fingerprint density at radius 2 is 0.710 bits per heavy atom. The molecule has 5 aliphatic rings. The molecule has 2 aliphatic heterocycles. The summed E-state index contributed by atoms with van der Waals surface area (Å²) in [4.78, 5) is 5.42. The number of hydrogen-bond donors (Lipinski definition) is 0. The van der Waals surface area contributed by atoms with E-state index in [4.69, 9.17) is 0 Å². The van der Waals surface area contributed by atoms with Gasteiger partial charge in [-0.2, -0.15) is 0 Å². The first-order chi connectivity index (χ1) is 33.5. The Balaban J connectivity index is 1.02. The molecule has 69 heavy (non-hydrogen) atoms. The average Bonchev–Trinajstić information content (AvgIpc) is 3.86. The molecule has 2 fully saturated rings. The third-order valence-electron chi connectivity index (χ3n) is 19.1. The summed E-state index contributed by atoms with van der Waals surface area (Å²) in [7, 11) is 0. The Morgan fingerprint density at radius 3 is 1.10 bits per heavy atom. The van der Waals surface area contributed by atoms with Gasteiger partial charge in [0.05, 0.1) is 16.5 Å². The van der Waals surface area contributed by atoms with Gasteiger partial charge in [0.2, 0.25) is 0 Å². The van der Waals surface area contributed by atoms with E-state index in [1.54, 1.807) is 0 Å². The van der Waals surface area contributed by atoms with Crippen LogP contribution in [0.15, 0.2) is 182 Å². The highest BCUT2D eigenvalue weighted by atomic mass is 15.3. The summed E-state index contributed by atoms with van der Waals surface area (Å²) in [6.45, 7) is 14.9. The standard InChI is InChI=1S/C67H64N2/c1-45-39-61-59(63(3)35-19-21-37-65(63,5)68(61)51-27-15-9-16-28-51)43-53(45)47-31-33-57-55(41-47)56-42-48(32-34-58(56)67(57,49-23-11-7-12-24-49)50-25-13-8-14-26-50)54-44-60-62(40-46(54)2)69(52-29-17-10-18-30-52)66(6)38-22-20-36-64(60,66)4/h7-18,23-34,39-44H,19-22,35-38H2,1-6H3. The van der Waals surface area contributed by atoms with Crippen LogP contribution in [-0.4, -0.2) is 11.1 Å². The van der Waals surface area contributed by atoms with Crippen molar-refractivity contribution in [2.75, 3.05) is 9.80 Å². The molecular weight excluding hydrogens is 833 g/mol. The van der Waals surface area contributed by atoms with Gasteiger partial charge >= 0.3 is 0 Å². The summed E-state index contributed by atoms with van der Waals surface area (Å²) >= 11 is 0. The topological polar surface area (TPSA) is 6.48 Å².